The molecule has 0 radical (unpaired) electrons. The van der Waals surface area contributed by atoms with Gasteiger partial charge in [0.1, 0.15) is 17.3 Å². The molecule has 0 aliphatic carbocycles. The Morgan fingerprint density at radius 1 is 1.20 bits per heavy atom. The average molecular weight is 278 g/mol. The zero-order valence-corrected chi connectivity index (χ0v) is 10.7. The molecule has 20 heavy (non-hydrogen) atoms. The predicted molar refractivity (Wildman–Crippen MR) is 69.9 cm³/mol. The van der Waals surface area contributed by atoms with E-state index in [1.54, 1.807) is 25.1 Å². The minimum atomic E-state index is -2.88. The predicted octanol–water partition coefficient (Wildman–Crippen LogP) is 4.09. The summed E-state index contributed by atoms with van der Waals surface area (Å²) in [4.78, 5) is 11.8. The van der Waals surface area contributed by atoms with Crippen molar-refractivity contribution >= 4 is 11.9 Å². The molecule has 0 aliphatic rings. The number of ether oxygens (including phenoxy) is 1. The van der Waals surface area contributed by atoms with Crippen LogP contribution in [-0.4, -0.2) is 12.4 Å². The molecule has 0 atom stereocenters. The molecule has 0 fully saturated rings. The standard InChI is InChI=1S/C15H12F2O3/c1-10-2-5-12(19-10)8-9-14(18)11-3-6-13(7-4-11)20-15(16)17/h2-9,15H,1H3/b9-8+. The molecule has 3 nitrogen and oxygen atoms in total. The van der Waals surface area contributed by atoms with Gasteiger partial charge in [0, 0.05) is 5.56 Å². The third-order valence-corrected chi connectivity index (χ3v) is 2.52. The molecular weight excluding hydrogens is 266 g/mol. The number of allylic oxidation sites excluding steroid dienone is 1. The highest BCUT2D eigenvalue weighted by Gasteiger charge is 2.06. The second-order valence-electron chi connectivity index (χ2n) is 4.05. The Labute approximate surface area is 114 Å². The maximum Gasteiger partial charge on any atom is 0.387 e. The Balaban J connectivity index is 2.04. The lowest BCUT2D eigenvalue weighted by Gasteiger charge is -2.04. The van der Waals surface area contributed by atoms with Crippen LogP contribution >= 0.6 is 0 Å². The number of furan rings is 1. The molecule has 0 saturated carbocycles. The van der Waals surface area contributed by atoms with E-state index in [1.807, 2.05) is 0 Å². The molecule has 1 heterocycles. The van der Waals surface area contributed by atoms with Gasteiger partial charge in [-0.1, -0.05) is 0 Å². The van der Waals surface area contributed by atoms with Crippen LogP contribution in [0.4, 0.5) is 8.78 Å². The molecule has 0 bridgehead atoms. The number of carbonyl (C=O) groups excluding carboxylic acids is 1. The van der Waals surface area contributed by atoms with E-state index in [-0.39, 0.29) is 11.5 Å². The van der Waals surface area contributed by atoms with E-state index >= 15 is 0 Å². The van der Waals surface area contributed by atoms with Gasteiger partial charge in [-0.3, -0.25) is 4.79 Å². The molecule has 104 valence electrons. The SMILES string of the molecule is Cc1ccc(/C=C/C(=O)c2ccc(OC(F)F)cc2)o1. The van der Waals surface area contributed by atoms with Gasteiger partial charge in [-0.15, -0.1) is 0 Å². The van der Waals surface area contributed by atoms with Crippen molar-refractivity contribution in [2.75, 3.05) is 0 Å². The van der Waals surface area contributed by atoms with Crippen molar-refractivity contribution in [1.82, 2.24) is 0 Å². The number of hydrogen-bond acceptors (Lipinski definition) is 3. The Hall–Kier alpha value is -2.43. The number of alkyl halides is 2. The quantitative estimate of drug-likeness (QED) is 0.611. The molecule has 0 unspecified atom stereocenters. The highest BCUT2D eigenvalue weighted by atomic mass is 19.3. The molecule has 0 amide bonds. The third-order valence-electron chi connectivity index (χ3n) is 2.52. The third kappa shape index (κ3) is 3.78. The monoisotopic (exact) mass is 278 g/mol. The lowest BCUT2D eigenvalue weighted by atomic mass is 10.1. The zero-order valence-electron chi connectivity index (χ0n) is 10.7. The molecule has 1 aromatic heterocycles. The number of benzene rings is 1. The van der Waals surface area contributed by atoms with Crippen molar-refractivity contribution in [2.45, 2.75) is 13.5 Å². The summed E-state index contributed by atoms with van der Waals surface area (Å²) in [5.74, 6) is 1.10. The molecular formula is C15H12F2O3. The maximum absolute atomic E-state index is 12.0. The molecule has 5 heteroatoms. The fourth-order valence-electron chi connectivity index (χ4n) is 1.60. The van der Waals surface area contributed by atoms with Crippen LogP contribution in [0.1, 0.15) is 21.9 Å². The highest BCUT2D eigenvalue weighted by Crippen LogP contribution is 2.16. The average Bonchev–Trinajstić information content (AvgIpc) is 2.82. The molecule has 0 aliphatic heterocycles. The lowest BCUT2D eigenvalue weighted by Crippen LogP contribution is -2.02. The zero-order chi connectivity index (χ0) is 14.5. The van der Waals surface area contributed by atoms with Crippen molar-refractivity contribution < 1.29 is 22.7 Å². The van der Waals surface area contributed by atoms with Gasteiger partial charge in [0.15, 0.2) is 5.78 Å². The normalized spacial score (nSPS) is 11.2. The van der Waals surface area contributed by atoms with Gasteiger partial charge in [-0.25, -0.2) is 0 Å². The Kier molecular flexibility index (Phi) is 4.30. The van der Waals surface area contributed by atoms with Crippen LogP contribution < -0.4 is 4.74 Å². The summed E-state index contributed by atoms with van der Waals surface area (Å²) >= 11 is 0. The Morgan fingerprint density at radius 3 is 2.45 bits per heavy atom. The number of halogens is 2. The van der Waals surface area contributed by atoms with Crippen LogP contribution in [-0.2, 0) is 0 Å². The molecule has 1 aromatic carbocycles. The second kappa shape index (κ2) is 6.14. The second-order valence-corrected chi connectivity index (χ2v) is 4.05. The fraction of sp³-hybridized carbons (Fsp3) is 0.133. The van der Waals surface area contributed by atoms with Crippen molar-refractivity contribution in [3.8, 4) is 5.75 Å². The van der Waals surface area contributed by atoms with Crippen molar-refractivity contribution in [3.63, 3.8) is 0 Å². The molecule has 0 spiro atoms. The van der Waals surface area contributed by atoms with Gasteiger partial charge in [0.05, 0.1) is 0 Å². The maximum atomic E-state index is 12.0. The summed E-state index contributed by atoms with van der Waals surface area (Å²) in [7, 11) is 0. The Morgan fingerprint density at radius 2 is 1.90 bits per heavy atom. The first kappa shape index (κ1) is 14.0. The van der Waals surface area contributed by atoms with E-state index in [0.29, 0.717) is 11.3 Å². The van der Waals surface area contributed by atoms with Crippen LogP contribution in [0.15, 0.2) is 46.9 Å². The first-order chi connectivity index (χ1) is 9.54. The molecule has 0 N–H and O–H groups in total. The summed E-state index contributed by atoms with van der Waals surface area (Å²) in [6, 6.07) is 9.05. The highest BCUT2D eigenvalue weighted by molar-refractivity contribution is 6.06. The van der Waals surface area contributed by atoms with Gasteiger partial charge in [0.25, 0.3) is 0 Å². The van der Waals surface area contributed by atoms with Crippen molar-refractivity contribution in [2.24, 2.45) is 0 Å². The van der Waals surface area contributed by atoms with E-state index in [2.05, 4.69) is 4.74 Å². The molecule has 0 saturated heterocycles. The van der Waals surface area contributed by atoms with Crippen molar-refractivity contribution in [1.29, 1.82) is 0 Å². The first-order valence-electron chi connectivity index (χ1n) is 5.88. The van der Waals surface area contributed by atoms with Crippen LogP contribution in [0.5, 0.6) is 5.75 Å². The van der Waals surface area contributed by atoms with Crippen LogP contribution in [0, 0.1) is 6.92 Å². The molecule has 2 aromatic rings. The minimum Gasteiger partial charge on any atom is -0.462 e. The van der Waals surface area contributed by atoms with E-state index < -0.39 is 6.61 Å². The minimum absolute atomic E-state index is 0.0159. The number of rotatable bonds is 5. The van der Waals surface area contributed by atoms with E-state index in [4.69, 9.17) is 4.42 Å². The fourth-order valence-corrected chi connectivity index (χ4v) is 1.60. The summed E-state index contributed by atoms with van der Waals surface area (Å²) in [5.41, 5.74) is 0.381. The van der Waals surface area contributed by atoms with Gasteiger partial charge in [0.2, 0.25) is 0 Å². The van der Waals surface area contributed by atoms with E-state index in [9.17, 15) is 13.6 Å². The summed E-state index contributed by atoms with van der Waals surface area (Å²) < 4.78 is 33.5. The van der Waals surface area contributed by atoms with Crippen LogP contribution in [0.25, 0.3) is 6.08 Å². The van der Waals surface area contributed by atoms with Gasteiger partial charge >= 0.3 is 6.61 Å². The van der Waals surface area contributed by atoms with Gasteiger partial charge in [-0.05, 0) is 55.5 Å². The van der Waals surface area contributed by atoms with Gasteiger partial charge in [-0.2, -0.15) is 8.78 Å². The largest absolute Gasteiger partial charge is 0.462 e. The lowest BCUT2D eigenvalue weighted by molar-refractivity contribution is -0.0498. The van der Waals surface area contributed by atoms with Crippen LogP contribution in [0.2, 0.25) is 0 Å². The number of carbonyl (C=O) groups is 1. The molecule has 2 rings (SSSR count). The van der Waals surface area contributed by atoms with E-state index in [0.717, 1.165) is 5.76 Å². The van der Waals surface area contributed by atoms with Gasteiger partial charge < -0.3 is 9.15 Å². The summed E-state index contributed by atoms with van der Waals surface area (Å²) in [6.45, 7) is -1.07. The topological polar surface area (TPSA) is 39.4 Å². The smallest absolute Gasteiger partial charge is 0.387 e. The first-order valence-corrected chi connectivity index (χ1v) is 5.88. The van der Waals surface area contributed by atoms with Crippen LogP contribution in [0.3, 0.4) is 0 Å². The number of hydrogen-bond donors (Lipinski definition) is 0. The summed E-state index contributed by atoms with van der Waals surface area (Å²) in [5, 5.41) is 0. The number of ketones is 1. The van der Waals surface area contributed by atoms with E-state index in [1.165, 1.54) is 30.3 Å². The Bertz CT molecular complexity index is 612. The number of aryl methyl sites for hydroxylation is 1. The van der Waals surface area contributed by atoms with Crippen molar-refractivity contribution in [3.05, 3.63) is 59.6 Å². The summed E-state index contributed by atoms with van der Waals surface area (Å²) in [6.07, 6.45) is 2.92.